The van der Waals surface area contributed by atoms with Crippen LogP contribution in [0.15, 0.2) is 0 Å². The van der Waals surface area contributed by atoms with E-state index in [4.69, 9.17) is 17.1 Å². The number of aliphatic carboxylic acids is 2. The lowest BCUT2D eigenvalue weighted by molar-refractivity contribution is -0.140. The van der Waals surface area contributed by atoms with Crippen molar-refractivity contribution < 1.29 is 31.5 Å². The van der Waals surface area contributed by atoms with Crippen molar-refractivity contribution in [2.75, 3.05) is 0 Å². The molecule has 0 rings (SSSR count). The molecule has 7 nitrogen and oxygen atoms in total. The number of urea groups is 1. The Morgan fingerprint density at radius 1 is 1.54 bits per heavy atom. The molecule has 0 aliphatic rings. The van der Waals surface area contributed by atoms with Gasteiger partial charge in [0.05, 0.1) is 1.37 Å². The standard InChI is InChI=1S/C6H10N2O5/c7-6(13)8-3(5(11)12)1-2-4(9)10/h3H,1-2H2,(H,9,10)(H,11,12)(H3,7,8,13)/t3-/m0/s1/i1D2,2D2,3D. The van der Waals surface area contributed by atoms with Crippen molar-refractivity contribution in [1.29, 1.82) is 0 Å². The van der Waals surface area contributed by atoms with Crippen LogP contribution < -0.4 is 11.1 Å². The molecule has 0 heterocycles. The number of carbonyl (C=O) groups excluding carboxylic acids is 1. The maximum atomic E-state index is 10.8. The first-order valence-electron chi connectivity index (χ1n) is 5.35. The van der Waals surface area contributed by atoms with Crippen LogP contribution in [0.5, 0.6) is 0 Å². The zero-order chi connectivity index (χ0) is 14.9. The summed E-state index contributed by atoms with van der Waals surface area (Å²) in [5.41, 5.74) is 4.56. The van der Waals surface area contributed by atoms with E-state index in [2.05, 4.69) is 5.73 Å². The molecule has 0 aromatic rings. The zero-order valence-electron chi connectivity index (χ0n) is 11.2. The minimum Gasteiger partial charge on any atom is -0.481 e. The molecule has 0 spiro atoms. The third-order valence-corrected chi connectivity index (χ3v) is 0.756. The van der Waals surface area contributed by atoms with Crippen LogP contribution in [0, 0.1) is 0 Å². The van der Waals surface area contributed by atoms with Gasteiger partial charge in [0.1, 0.15) is 6.02 Å². The molecular formula is C6H10N2O5. The summed E-state index contributed by atoms with van der Waals surface area (Å²) in [7, 11) is 0. The topological polar surface area (TPSA) is 130 Å². The van der Waals surface area contributed by atoms with Crippen LogP contribution in [0.3, 0.4) is 0 Å². The molecule has 0 aromatic carbocycles. The lowest BCUT2D eigenvalue weighted by Gasteiger charge is -2.10. The number of hydrogen-bond acceptors (Lipinski definition) is 3. The van der Waals surface area contributed by atoms with Gasteiger partial charge in [-0.05, 0) is 6.37 Å². The van der Waals surface area contributed by atoms with Gasteiger partial charge in [0.15, 0.2) is 0 Å². The third kappa shape index (κ3) is 5.48. The quantitative estimate of drug-likeness (QED) is 0.445. The average Bonchev–Trinajstić information content (AvgIpc) is 2.15. The number of primary amides is 1. The van der Waals surface area contributed by atoms with Crippen LogP contribution in [0.4, 0.5) is 4.79 Å². The number of carboxylic acid groups (broad SMARTS) is 2. The Kier molecular flexibility index (Phi) is 1.93. The number of nitrogens with one attached hydrogen (secondary N) is 1. The molecular weight excluding hydrogens is 180 g/mol. The summed E-state index contributed by atoms with van der Waals surface area (Å²) in [6, 6.07) is -5.21. The molecule has 0 radical (unpaired) electrons. The highest BCUT2D eigenvalue weighted by atomic mass is 16.4. The van der Waals surface area contributed by atoms with Crippen molar-refractivity contribution in [3.05, 3.63) is 0 Å². The van der Waals surface area contributed by atoms with Gasteiger partial charge in [-0.3, -0.25) is 4.79 Å². The van der Waals surface area contributed by atoms with E-state index < -0.39 is 36.7 Å². The van der Waals surface area contributed by atoms with Gasteiger partial charge in [-0.1, -0.05) is 0 Å². The Balaban J connectivity index is 5.84. The monoisotopic (exact) mass is 195 g/mol. The summed E-state index contributed by atoms with van der Waals surface area (Å²) in [5.74, 6) is -4.62. The maximum absolute atomic E-state index is 10.8. The van der Waals surface area contributed by atoms with Crippen LogP contribution in [-0.4, -0.2) is 34.2 Å². The Morgan fingerprint density at radius 2 is 2.08 bits per heavy atom. The third-order valence-electron chi connectivity index (χ3n) is 0.756. The van der Waals surface area contributed by atoms with Crippen molar-refractivity contribution in [2.45, 2.75) is 18.8 Å². The molecule has 0 fully saturated rings. The second-order valence-electron chi connectivity index (χ2n) is 1.72. The van der Waals surface area contributed by atoms with Gasteiger partial charge in [-0.25, -0.2) is 9.59 Å². The van der Waals surface area contributed by atoms with Gasteiger partial charge >= 0.3 is 18.0 Å². The van der Waals surface area contributed by atoms with E-state index >= 15 is 0 Å². The minimum absolute atomic E-state index is 1.18. The van der Waals surface area contributed by atoms with Crippen LogP contribution in [0.2, 0.25) is 0 Å². The molecule has 1 atom stereocenters. The molecule has 74 valence electrons. The number of nitrogens with two attached hydrogens (primary N) is 1. The van der Waals surface area contributed by atoms with Crippen molar-refractivity contribution >= 4 is 18.0 Å². The molecule has 0 unspecified atom stereocenters. The van der Waals surface area contributed by atoms with Gasteiger partial charge in [-0.2, -0.15) is 0 Å². The second kappa shape index (κ2) is 4.96. The molecule has 0 saturated carbocycles. The summed E-state index contributed by atoms with van der Waals surface area (Å²) >= 11 is 0. The molecule has 0 bridgehead atoms. The summed E-state index contributed by atoms with van der Waals surface area (Å²) in [4.78, 5) is 32.0. The molecule has 5 N–H and O–H groups in total. The van der Waals surface area contributed by atoms with E-state index in [1.54, 1.807) is 0 Å². The highest BCUT2D eigenvalue weighted by molar-refractivity contribution is 5.82. The summed E-state index contributed by atoms with van der Waals surface area (Å²) in [5, 5.41) is 18.4. The molecule has 13 heavy (non-hydrogen) atoms. The molecule has 2 amide bonds. The SMILES string of the molecule is [2H]C([2H])(C(=O)O)C([2H])([2H])[C@]([2H])(NC(N)=O)C(=O)O. The number of rotatable bonds is 5. The Labute approximate surface area is 80.6 Å². The first-order chi connectivity index (χ1) is 7.80. The van der Waals surface area contributed by atoms with Crippen LogP contribution >= 0.6 is 0 Å². The fourth-order valence-electron chi connectivity index (χ4n) is 0.377. The lowest BCUT2D eigenvalue weighted by atomic mass is 10.1. The number of hydrogen-bond donors (Lipinski definition) is 4. The summed E-state index contributed by atoms with van der Waals surface area (Å²) in [6.45, 7) is 0. The van der Waals surface area contributed by atoms with E-state index in [1.165, 1.54) is 5.32 Å². The van der Waals surface area contributed by atoms with Crippen molar-refractivity contribution in [3.8, 4) is 0 Å². The van der Waals surface area contributed by atoms with Gasteiger partial charge in [-0.15, -0.1) is 0 Å². The Bertz CT molecular complexity index is 400. The number of amides is 2. The van der Waals surface area contributed by atoms with Gasteiger partial charge in [0.25, 0.3) is 0 Å². The smallest absolute Gasteiger partial charge is 0.326 e. The second-order valence-corrected chi connectivity index (χ2v) is 1.72. The predicted octanol–water partition coefficient (Wildman–Crippen LogP) is -1.03. The Morgan fingerprint density at radius 3 is 2.38 bits per heavy atom. The fraction of sp³-hybridized carbons (Fsp3) is 0.500. The first kappa shape index (κ1) is 5.05. The van der Waals surface area contributed by atoms with E-state index in [9.17, 15) is 14.4 Å². The van der Waals surface area contributed by atoms with Gasteiger partial charge in [0.2, 0.25) is 0 Å². The lowest BCUT2D eigenvalue weighted by Crippen LogP contribution is -2.43. The fourth-order valence-corrected chi connectivity index (χ4v) is 0.377. The van der Waals surface area contributed by atoms with E-state index in [1.807, 2.05) is 0 Å². The summed E-state index contributed by atoms with van der Waals surface area (Å²) in [6.07, 6.45) is -7.53. The number of carbonyl (C=O) groups is 3. The minimum atomic E-state index is -3.79. The average molecular weight is 195 g/mol. The highest BCUT2D eigenvalue weighted by Gasteiger charge is 2.19. The number of carboxylic acids is 2. The van der Waals surface area contributed by atoms with Crippen molar-refractivity contribution in [3.63, 3.8) is 0 Å². The van der Waals surface area contributed by atoms with Crippen LogP contribution in [0.25, 0.3) is 0 Å². The Hall–Kier alpha value is -1.79. The van der Waals surface area contributed by atoms with E-state index in [0.29, 0.717) is 0 Å². The molecule has 7 heteroatoms. The maximum Gasteiger partial charge on any atom is 0.326 e. The van der Waals surface area contributed by atoms with Crippen molar-refractivity contribution in [2.24, 2.45) is 5.73 Å². The molecule has 0 saturated heterocycles. The normalized spacial score (nSPS) is 22.0. The zero-order valence-corrected chi connectivity index (χ0v) is 6.20. The van der Waals surface area contributed by atoms with Gasteiger partial charge in [0, 0.05) is 11.9 Å². The first-order valence-corrected chi connectivity index (χ1v) is 2.85. The largest absolute Gasteiger partial charge is 0.481 e. The van der Waals surface area contributed by atoms with Crippen molar-refractivity contribution in [1.82, 2.24) is 5.32 Å². The molecule has 0 aliphatic carbocycles. The predicted molar refractivity (Wildman–Crippen MR) is 41.0 cm³/mol. The summed E-state index contributed by atoms with van der Waals surface area (Å²) < 4.78 is 35.7. The highest BCUT2D eigenvalue weighted by Crippen LogP contribution is 1.97. The van der Waals surface area contributed by atoms with Crippen LogP contribution in [0.1, 0.15) is 19.6 Å². The molecule has 0 aliphatic heterocycles. The van der Waals surface area contributed by atoms with Crippen LogP contribution in [-0.2, 0) is 9.59 Å². The van der Waals surface area contributed by atoms with Gasteiger partial charge < -0.3 is 21.3 Å². The van der Waals surface area contributed by atoms with E-state index in [-0.39, 0.29) is 0 Å². The van der Waals surface area contributed by atoms with E-state index in [0.717, 1.165) is 0 Å². The molecule has 0 aromatic heterocycles.